The number of hydrogen-bond acceptors (Lipinski definition) is 3. The second kappa shape index (κ2) is 6.40. The molecule has 1 aliphatic rings. The van der Waals surface area contributed by atoms with Gasteiger partial charge in [0, 0.05) is 12.1 Å². The van der Waals surface area contributed by atoms with Gasteiger partial charge in [-0.3, -0.25) is 0 Å². The van der Waals surface area contributed by atoms with Gasteiger partial charge in [0.25, 0.3) is 0 Å². The fraction of sp³-hybridized carbons (Fsp3) is 0.625. The van der Waals surface area contributed by atoms with Crippen LogP contribution in [0.5, 0.6) is 5.75 Å². The molecule has 0 radical (unpaired) electrons. The molecule has 0 aromatic heterocycles. The molecule has 1 aromatic carbocycles. The average molecular weight is 263 g/mol. The number of rotatable bonds is 5. The van der Waals surface area contributed by atoms with Gasteiger partial charge >= 0.3 is 0 Å². The normalized spacial score (nSPS) is 17.9. The van der Waals surface area contributed by atoms with Crippen LogP contribution in [0, 0.1) is 0 Å². The number of methoxy groups -OCH3 is 1. The third-order valence-corrected chi connectivity index (χ3v) is 3.91. The van der Waals surface area contributed by atoms with Gasteiger partial charge in [-0.2, -0.15) is 0 Å². The van der Waals surface area contributed by atoms with Crippen LogP contribution in [0.2, 0.25) is 0 Å². The average Bonchev–Trinajstić information content (AvgIpc) is 2.90. The molecule has 3 nitrogen and oxygen atoms in total. The minimum Gasteiger partial charge on any atom is -0.496 e. The van der Waals surface area contributed by atoms with Crippen molar-refractivity contribution in [1.82, 2.24) is 4.90 Å². The fourth-order valence-electron chi connectivity index (χ4n) is 2.68. The largest absolute Gasteiger partial charge is 0.496 e. The molecule has 1 fully saturated rings. The maximum Gasteiger partial charge on any atom is 0.124 e. The van der Waals surface area contributed by atoms with Crippen molar-refractivity contribution in [2.75, 3.05) is 26.7 Å². The Morgan fingerprint density at radius 2 is 1.95 bits per heavy atom. The number of aliphatic hydroxyl groups excluding tert-OH is 1. The number of benzene rings is 1. The zero-order valence-corrected chi connectivity index (χ0v) is 12.2. The second-order valence-corrected chi connectivity index (χ2v) is 5.68. The van der Waals surface area contributed by atoms with Crippen molar-refractivity contribution >= 4 is 0 Å². The van der Waals surface area contributed by atoms with Gasteiger partial charge in [0.2, 0.25) is 0 Å². The quantitative estimate of drug-likeness (QED) is 0.886. The van der Waals surface area contributed by atoms with Crippen molar-refractivity contribution in [3.8, 4) is 5.75 Å². The minimum atomic E-state index is -0.466. The van der Waals surface area contributed by atoms with Gasteiger partial charge in [0.05, 0.1) is 13.2 Å². The summed E-state index contributed by atoms with van der Waals surface area (Å²) in [5, 5.41) is 10.5. The Kier molecular flexibility index (Phi) is 4.83. The summed E-state index contributed by atoms with van der Waals surface area (Å²) in [5.41, 5.74) is 2.16. The van der Waals surface area contributed by atoms with E-state index < -0.39 is 6.10 Å². The van der Waals surface area contributed by atoms with Crippen LogP contribution in [0.15, 0.2) is 18.2 Å². The highest BCUT2D eigenvalue weighted by molar-refractivity contribution is 5.40. The molecule has 0 bridgehead atoms. The lowest BCUT2D eigenvalue weighted by Gasteiger charge is -2.22. The van der Waals surface area contributed by atoms with E-state index in [1.165, 1.54) is 18.4 Å². The molecule has 0 aliphatic carbocycles. The Labute approximate surface area is 116 Å². The first-order chi connectivity index (χ1) is 9.11. The smallest absolute Gasteiger partial charge is 0.124 e. The first-order valence-corrected chi connectivity index (χ1v) is 7.20. The minimum absolute atomic E-state index is 0.462. The molecule has 1 aliphatic heterocycles. The van der Waals surface area contributed by atoms with Gasteiger partial charge < -0.3 is 14.7 Å². The summed E-state index contributed by atoms with van der Waals surface area (Å²) >= 11 is 0. The molecule has 0 amide bonds. The summed E-state index contributed by atoms with van der Waals surface area (Å²) in [6.45, 7) is 7.24. The number of likely N-dealkylation sites (tertiary alicyclic amines) is 1. The molecule has 106 valence electrons. The van der Waals surface area contributed by atoms with Crippen molar-refractivity contribution in [2.45, 2.75) is 38.7 Å². The Morgan fingerprint density at radius 1 is 1.26 bits per heavy atom. The molecule has 0 saturated carbocycles. The van der Waals surface area contributed by atoms with Crippen LogP contribution in [0.4, 0.5) is 0 Å². The van der Waals surface area contributed by atoms with Gasteiger partial charge in [0.1, 0.15) is 5.75 Å². The van der Waals surface area contributed by atoms with Crippen LogP contribution in [-0.2, 0) is 0 Å². The third-order valence-electron chi connectivity index (χ3n) is 3.91. The SMILES string of the molecule is COc1ccc(C(C)C)cc1C(O)CN1CCCC1. The Morgan fingerprint density at radius 3 is 2.53 bits per heavy atom. The van der Waals surface area contributed by atoms with Gasteiger partial charge in [-0.25, -0.2) is 0 Å². The maximum absolute atomic E-state index is 10.5. The molecule has 1 heterocycles. The number of ether oxygens (including phenoxy) is 1. The third kappa shape index (κ3) is 3.48. The van der Waals surface area contributed by atoms with Gasteiger partial charge in [0.15, 0.2) is 0 Å². The topological polar surface area (TPSA) is 32.7 Å². The molecular formula is C16H25NO2. The van der Waals surface area contributed by atoms with Crippen molar-refractivity contribution in [3.05, 3.63) is 29.3 Å². The predicted octanol–water partition coefficient (Wildman–Crippen LogP) is 2.95. The summed E-state index contributed by atoms with van der Waals surface area (Å²) in [5.74, 6) is 1.25. The van der Waals surface area contributed by atoms with Crippen LogP contribution < -0.4 is 4.74 Å². The predicted molar refractivity (Wildman–Crippen MR) is 77.7 cm³/mol. The van der Waals surface area contributed by atoms with E-state index in [4.69, 9.17) is 4.74 Å². The van der Waals surface area contributed by atoms with Crippen LogP contribution in [0.1, 0.15) is 49.8 Å². The highest BCUT2D eigenvalue weighted by atomic mass is 16.5. The molecule has 3 heteroatoms. The van der Waals surface area contributed by atoms with E-state index >= 15 is 0 Å². The van der Waals surface area contributed by atoms with Gasteiger partial charge in [-0.1, -0.05) is 19.9 Å². The van der Waals surface area contributed by atoms with Crippen molar-refractivity contribution < 1.29 is 9.84 Å². The van der Waals surface area contributed by atoms with Crippen LogP contribution in [-0.4, -0.2) is 36.8 Å². The Bertz CT molecular complexity index is 411. The zero-order chi connectivity index (χ0) is 13.8. The molecule has 0 spiro atoms. The standard InChI is InChI=1S/C16H25NO2/c1-12(2)13-6-7-16(19-3)14(10-13)15(18)11-17-8-4-5-9-17/h6-7,10,12,15,18H,4-5,8-9,11H2,1-3H3. The van der Waals surface area contributed by atoms with Crippen LogP contribution >= 0.6 is 0 Å². The summed E-state index contributed by atoms with van der Waals surface area (Å²) in [6, 6.07) is 6.14. The van der Waals surface area contributed by atoms with Crippen molar-refractivity contribution in [1.29, 1.82) is 0 Å². The van der Waals surface area contributed by atoms with Crippen LogP contribution in [0.3, 0.4) is 0 Å². The molecule has 1 aromatic rings. The van der Waals surface area contributed by atoms with E-state index in [2.05, 4.69) is 30.9 Å². The highest BCUT2D eigenvalue weighted by Crippen LogP contribution is 2.30. The molecule has 1 saturated heterocycles. The van der Waals surface area contributed by atoms with Gasteiger partial charge in [-0.15, -0.1) is 0 Å². The number of hydrogen-bond donors (Lipinski definition) is 1. The van der Waals surface area contributed by atoms with Crippen molar-refractivity contribution in [2.24, 2.45) is 0 Å². The van der Waals surface area contributed by atoms with E-state index in [0.717, 1.165) is 24.4 Å². The highest BCUT2D eigenvalue weighted by Gasteiger charge is 2.20. The van der Waals surface area contributed by atoms with E-state index in [0.29, 0.717) is 12.5 Å². The second-order valence-electron chi connectivity index (χ2n) is 5.68. The lowest BCUT2D eigenvalue weighted by molar-refractivity contribution is 0.123. The molecule has 1 atom stereocenters. The monoisotopic (exact) mass is 263 g/mol. The molecule has 1 N–H and O–H groups in total. The summed E-state index contributed by atoms with van der Waals surface area (Å²) in [7, 11) is 1.66. The molecule has 2 rings (SSSR count). The van der Waals surface area contributed by atoms with E-state index in [9.17, 15) is 5.11 Å². The fourth-order valence-corrected chi connectivity index (χ4v) is 2.68. The molecule has 1 unspecified atom stereocenters. The lowest BCUT2D eigenvalue weighted by Crippen LogP contribution is -2.25. The summed E-state index contributed by atoms with van der Waals surface area (Å²) in [4.78, 5) is 2.33. The Hall–Kier alpha value is -1.06. The maximum atomic E-state index is 10.5. The number of nitrogens with zero attached hydrogens (tertiary/aromatic N) is 1. The lowest BCUT2D eigenvalue weighted by atomic mass is 9.97. The van der Waals surface area contributed by atoms with E-state index in [1.54, 1.807) is 7.11 Å². The van der Waals surface area contributed by atoms with Crippen molar-refractivity contribution in [3.63, 3.8) is 0 Å². The molecule has 19 heavy (non-hydrogen) atoms. The first-order valence-electron chi connectivity index (χ1n) is 7.20. The van der Waals surface area contributed by atoms with E-state index in [-0.39, 0.29) is 0 Å². The Balaban J connectivity index is 2.17. The first kappa shape index (κ1) is 14.4. The number of β-amino-alcohol motifs (C(OH)–C–C–N with tert-alkyl or cyclic N) is 1. The zero-order valence-electron chi connectivity index (χ0n) is 12.2. The summed E-state index contributed by atoms with van der Waals surface area (Å²) in [6.07, 6.45) is 2.03. The van der Waals surface area contributed by atoms with Crippen LogP contribution in [0.25, 0.3) is 0 Å². The molecular weight excluding hydrogens is 238 g/mol. The number of aliphatic hydroxyl groups is 1. The van der Waals surface area contributed by atoms with Gasteiger partial charge in [-0.05, 0) is 49.5 Å². The van der Waals surface area contributed by atoms with E-state index in [1.807, 2.05) is 6.07 Å². The summed E-state index contributed by atoms with van der Waals surface area (Å²) < 4.78 is 5.39.